The fraction of sp³-hybridized carbons (Fsp3) is 0.275. The summed E-state index contributed by atoms with van der Waals surface area (Å²) in [6, 6.07) is 22.1. The van der Waals surface area contributed by atoms with E-state index < -0.39 is 76.3 Å². The van der Waals surface area contributed by atoms with Crippen molar-refractivity contribution in [1.29, 1.82) is 0 Å². The molecule has 276 valence electrons. The Hall–Kier alpha value is -5.20. The van der Waals surface area contributed by atoms with Gasteiger partial charge in [-0.25, -0.2) is 9.88 Å². The number of carbonyl (C=O) groups excluding carboxylic acids is 4. The number of fused-ring (bicyclic) bond motifs is 4. The molecule has 0 unspecified atom stereocenters. The van der Waals surface area contributed by atoms with E-state index in [-0.39, 0.29) is 29.3 Å². The highest BCUT2D eigenvalue weighted by molar-refractivity contribution is 6.33. The number of hydrogen-bond donors (Lipinski definition) is 1. The van der Waals surface area contributed by atoms with Crippen LogP contribution in [-0.2, 0) is 30.8 Å². The summed E-state index contributed by atoms with van der Waals surface area (Å²) in [5.74, 6) is -7.79. The van der Waals surface area contributed by atoms with Gasteiger partial charge in [0, 0.05) is 23.6 Å². The van der Waals surface area contributed by atoms with Crippen LogP contribution < -0.4 is 9.91 Å². The van der Waals surface area contributed by atoms with E-state index >= 15 is 4.79 Å². The van der Waals surface area contributed by atoms with Gasteiger partial charge >= 0.3 is 6.18 Å². The standard InChI is InChI=1S/C40H31Cl2F3N4O5/c1-20-8-6-13-26(33(20)50)32-24-14-15-25-31(37(53)49(35(25)51)47(2)34-29(42)16-17-30(46-34)40(43,44)45)27(24)19-28-36(52)48(23-12-7-11-22(41)18-23)38(54)39(28,32)21-9-4-3-5-10-21/h3-14,16-18,25,27-28,31-32,50H,15,19H2,1-2H3/t25-,27+,28-,31-,32+,39+/m0/s1. The molecule has 4 amide bonds. The number of allylic oxidation sites excluding steroid dienone is 2. The number of hydrazine groups is 1. The van der Waals surface area contributed by atoms with Crippen molar-refractivity contribution in [2.75, 3.05) is 17.0 Å². The van der Waals surface area contributed by atoms with Crippen molar-refractivity contribution in [2.45, 2.75) is 37.3 Å². The number of phenols is 1. The Morgan fingerprint density at radius 2 is 1.61 bits per heavy atom. The molecule has 1 aromatic heterocycles. The Labute approximate surface area is 317 Å². The van der Waals surface area contributed by atoms with Gasteiger partial charge in [-0.05, 0) is 67.1 Å². The molecule has 9 nitrogen and oxygen atoms in total. The zero-order chi connectivity index (χ0) is 38.4. The van der Waals surface area contributed by atoms with E-state index in [1.165, 1.54) is 13.1 Å². The Kier molecular flexibility index (Phi) is 8.42. The molecule has 0 bridgehead atoms. The minimum atomic E-state index is -4.82. The number of carbonyl (C=O) groups is 4. The molecule has 1 saturated carbocycles. The first-order valence-corrected chi connectivity index (χ1v) is 18.0. The van der Waals surface area contributed by atoms with Crippen molar-refractivity contribution < 1.29 is 37.5 Å². The van der Waals surface area contributed by atoms with Gasteiger partial charge in [0.25, 0.3) is 11.8 Å². The zero-order valence-electron chi connectivity index (χ0n) is 28.7. The highest BCUT2D eigenvalue weighted by atomic mass is 35.5. The van der Waals surface area contributed by atoms with E-state index in [1.54, 1.807) is 73.7 Å². The summed E-state index contributed by atoms with van der Waals surface area (Å²) < 4.78 is 41.0. The van der Waals surface area contributed by atoms with Crippen molar-refractivity contribution in [2.24, 2.45) is 23.7 Å². The first kappa shape index (κ1) is 35.8. The summed E-state index contributed by atoms with van der Waals surface area (Å²) in [6.45, 7) is 1.72. The van der Waals surface area contributed by atoms with Gasteiger partial charge < -0.3 is 5.11 Å². The second-order valence-corrected chi connectivity index (χ2v) is 15.0. The average Bonchev–Trinajstić information content (AvgIpc) is 3.53. The zero-order valence-corrected chi connectivity index (χ0v) is 30.2. The molecule has 2 aliphatic heterocycles. The Morgan fingerprint density at radius 1 is 0.889 bits per heavy atom. The maximum atomic E-state index is 15.3. The van der Waals surface area contributed by atoms with Crippen molar-refractivity contribution in [3.8, 4) is 5.75 Å². The van der Waals surface area contributed by atoms with Gasteiger partial charge in [0.1, 0.15) is 11.4 Å². The molecule has 3 heterocycles. The van der Waals surface area contributed by atoms with Crippen LogP contribution in [-0.4, -0.2) is 45.8 Å². The minimum Gasteiger partial charge on any atom is -0.507 e. The number of benzene rings is 3. The number of hydrogen-bond acceptors (Lipinski definition) is 7. The largest absolute Gasteiger partial charge is 0.507 e. The quantitative estimate of drug-likeness (QED) is 0.164. The smallest absolute Gasteiger partial charge is 0.433 e. The molecular weight excluding hydrogens is 744 g/mol. The molecule has 6 atom stereocenters. The topological polar surface area (TPSA) is 111 Å². The predicted octanol–water partition coefficient (Wildman–Crippen LogP) is 7.64. The third kappa shape index (κ3) is 5.10. The number of phenolic OH excluding ortho intramolecular Hbond substituents is 1. The van der Waals surface area contributed by atoms with E-state index in [0.717, 1.165) is 21.0 Å². The molecule has 8 rings (SSSR count). The molecule has 54 heavy (non-hydrogen) atoms. The van der Waals surface area contributed by atoms with Crippen LogP contribution in [0.25, 0.3) is 0 Å². The summed E-state index contributed by atoms with van der Waals surface area (Å²) in [5, 5.41) is 13.5. The second-order valence-electron chi connectivity index (χ2n) is 14.1. The molecule has 0 spiro atoms. The van der Waals surface area contributed by atoms with Gasteiger partial charge in [0.05, 0.1) is 33.9 Å². The van der Waals surface area contributed by atoms with E-state index in [1.807, 2.05) is 6.08 Å². The van der Waals surface area contributed by atoms with E-state index in [4.69, 9.17) is 23.2 Å². The fourth-order valence-corrected chi connectivity index (χ4v) is 9.60. The molecule has 4 aromatic rings. The summed E-state index contributed by atoms with van der Waals surface area (Å²) in [6.07, 6.45) is -2.97. The maximum absolute atomic E-state index is 15.3. The normalized spacial score (nSPS) is 26.4. The lowest BCUT2D eigenvalue weighted by molar-refractivity contribution is -0.141. The number of para-hydroxylation sites is 1. The molecule has 2 saturated heterocycles. The number of rotatable bonds is 5. The molecule has 1 N–H and O–H groups in total. The lowest BCUT2D eigenvalue weighted by Crippen LogP contribution is -2.53. The van der Waals surface area contributed by atoms with E-state index in [2.05, 4.69) is 4.98 Å². The summed E-state index contributed by atoms with van der Waals surface area (Å²) in [5.41, 5.74) is -0.560. The van der Waals surface area contributed by atoms with E-state index in [0.29, 0.717) is 33.4 Å². The van der Waals surface area contributed by atoms with Crippen LogP contribution in [0.1, 0.15) is 41.1 Å². The molecule has 0 radical (unpaired) electrons. The van der Waals surface area contributed by atoms with E-state index in [9.17, 15) is 32.7 Å². The Morgan fingerprint density at radius 3 is 2.31 bits per heavy atom. The lowest BCUT2D eigenvalue weighted by Gasteiger charge is -2.50. The second kappa shape index (κ2) is 12.7. The van der Waals surface area contributed by atoms with Crippen LogP contribution in [0.2, 0.25) is 10.0 Å². The minimum absolute atomic E-state index is 0.0221. The molecular formula is C40H31Cl2F3N4O5. The average molecular weight is 776 g/mol. The molecule has 4 aliphatic rings. The number of nitrogens with zero attached hydrogens (tertiary/aromatic N) is 4. The number of aryl methyl sites for hydroxylation is 1. The summed E-state index contributed by atoms with van der Waals surface area (Å²) >= 11 is 12.7. The third-order valence-electron chi connectivity index (χ3n) is 11.4. The first-order chi connectivity index (χ1) is 25.7. The Balaban J connectivity index is 1.31. The first-order valence-electron chi connectivity index (χ1n) is 17.2. The van der Waals surface area contributed by atoms with Crippen LogP contribution in [0, 0.1) is 30.6 Å². The Bertz CT molecular complexity index is 2300. The van der Waals surface area contributed by atoms with Crippen molar-refractivity contribution in [3.63, 3.8) is 0 Å². The van der Waals surface area contributed by atoms with Crippen LogP contribution in [0.3, 0.4) is 0 Å². The van der Waals surface area contributed by atoms with Crippen LogP contribution >= 0.6 is 23.2 Å². The van der Waals surface area contributed by atoms with Crippen LogP contribution in [0.15, 0.2) is 96.6 Å². The lowest BCUT2D eigenvalue weighted by atomic mass is 9.49. The highest BCUT2D eigenvalue weighted by Gasteiger charge is 2.70. The maximum Gasteiger partial charge on any atom is 0.433 e. The van der Waals surface area contributed by atoms with Gasteiger partial charge in [-0.15, -0.1) is 0 Å². The van der Waals surface area contributed by atoms with Crippen molar-refractivity contribution in [1.82, 2.24) is 9.99 Å². The summed E-state index contributed by atoms with van der Waals surface area (Å²) in [7, 11) is 1.24. The molecule has 3 aromatic carbocycles. The van der Waals surface area contributed by atoms with Crippen molar-refractivity contribution >= 4 is 58.3 Å². The van der Waals surface area contributed by atoms with Crippen LogP contribution in [0.5, 0.6) is 5.75 Å². The monoisotopic (exact) mass is 774 g/mol. The van der Waals surface area contributed by atoms with Gasteiger partial charge in [-0.1, -0.05) is 89.4 Å². The SMILES string of the molecule is Cc1cccc([C@H]2C3=CC[C@@H]4C(=O)N(N(C)c5nc(C(F)(F)F)ccc5Cl)C(=O)[C@@H]4[C@@H]3C[C@H]3C(=O)N(c4cccc(Cl)c4)C(=O)[C@@]23c2ccccc2)c1O. The third-order valence-corrected chi connectivity index (χ3v) is 12.0. The van der Waals surface area contributed by atoms with Gasteiger partial charge in [-0.2, -0.15) is 18.2 Å². The number of pyridine rings is 1. The molecule has 14 heteroatoms. The number of aromatic hydroxyl groups is 1. The van der Waals surface area contributed by atoms with Gasteiger partial charge in [0.15, 0.2) is 5.82 Å². The number of imide groups is 2. The number of anilines is 2. The summed E-state index contributed by atoms with van der Waals surface area (Å²) in [4.78, 5) is 63.7. The predicted molar refractivity (Wildman–Crippen MR) is 193 cm³/mol. The number of aromatic nitrogens is 1. The van der Waals surface area contributed by atoms with Gasteiger partial charge in [0.2, 0.25) is 11.8 Å². The van der Waals surface area contributed by atoms with Crippen LogP contribution in [0.4, 0.5) is 24.7 Å². The van der Waals surface area contributed by atoms with Gasteiger partial charge in [-0.3, -0.25) is 24.2 Å². The number of amides is 4. The highest BCUT2D eigenvalue weighted by Crippen LogP contribution is 2.65. The number of alkyl halides is 3. The number of halogens is 5. The fourth-order valence-electron chi connectivity index (χ4n) is 9.19. The molecule has 3 fully saturated rings. The molecule has 2 aliphatic carbocycles. The van der Waals surface area contributed by atoms with Crippen molar-refractivity contribution in [3.05, 3.63) is 129 Å².